The summed E-state index contributed by atoms with van der Waals surface area (Å²) in [4.78, 5) is 32.9. The molecule has 1 N–H and O–H groups in total. The zero-order chi connectivity index (χ0) is 21.9. The molecule has 0 bridgehead atoms. The van der Waals surface area contributed by atoms with Crippen LogP contribution in [0.4, 0.5) is 13.2 Å². The Balaban J connectivity index is 1.44. The number of H-pyrrole nitrogens is 1. The molecule has 0 aromatic carbocycles. The number of hydrogen-bond donors (Lipinski definition) is 1. The van der Waals surface area contributed by atoms with Gasteiger partial charge in [0.25, 0.3) is 11.5 Å². The summed E-state index contributed by atoms with van der Waals surface area (Å²) in [5.74, 6) is -0.315. The number of alkyl halides is 3. The molecule has 2 aliphatic heterocycles. The second-order valence-electron chi connectivity index (χ2n) is 7.39. The molecule has 0 aliphatic carbocycles. The van der Waals surface area contributed by atoms with Gasteiger partial charge in [0.1, 0.15) is 11.2 Å². The number of nitrogens with zero attached hydrogens (tertiary/aromatic N) is 6. The fourth-order valence-electron chi connectivity index (χ4n) is 3.95. The summed E-state index contributed by atoms with van der Waals surface area (Å²) in [7, 11) is 0. The number of rotatable bonds is 2. The lowest BCUT2D eigenvalue weighted by atomic mass is 9.98. The van der Waals surface area contributed by atoms with Crippen LogP contribution in [0, 0.1) is 6.92 Å². The quantitative estimate of drug-likeness (QED) is 0.667. The van der Waals surface area contributed by atoms with E-state index in [0.717, 1.165) is 0 Å². The van der Waals surface area contributed by atoms with Crippen LogP contribution >= 0.6 is 0 Å². The summed E-state index contributed by atoms with van der Waals surface area (Å²) < 4.78 is 42.4. The number of aliphatic imine (C=N–C) groups is 1. The standard InChI is InChI=1S/C19H16F3N7O2/c1-10-12(8-24-29(10)18-25-16(30)14-3-2-5-28(14)26-18)17(31)27-6-4-11-7-23-15(13(11)9-27)19(20,21)22/h2-3,5,8H,4,6-7,9H2,1H3,(H,25,26,30). The van der Waals surface area contributed by atoms with Gasteiger partial charge in [-0.15, -0.1) is 5.10 Å². The number of carbonyl (C=O) groups excluding carboxylic acids is 1. The average Bonchev–Trinajstić information content (AvgIpc) is 3.44. The van der Waals surface area contributed by atoms with E-state index in [1.807, 2.05) is 0 Å². The average molecular weight is 431 g/mol. The number of fused-ring (bicyclic) bond motifs is 1. The van der Waals surface area contributed by atoms with E-state index >= 15 is 0 Å². The predicted molar refractivity (Wildman–Crippen MR) is 104 cm³/mol. The molecular weight excluding hydrogens is 415 g/mol. The minimum atomic E-state index is -4.54. The van der Waals surface area contributed by atoms with Crippen molar-refractivity contribution in [3.63, 3.8) is 0 Å². The molecule has 5 rings (SSSR count). The summed E-state index contributed by atoms with van der Waals surface area (Å²) in [6.07, 6.45) is -1.26. The minimum absolute atomic E-state index is 0.0318. The highest BCUT2D eigenvalue weighted by Gasteiger charge is 2.43. The minimum Gasteiger partial charge on any atom is -0.334 e. The summed E-state index contributed by atoms with van der Waals surface area (Å²) in [6.45, 7) is 1.81. The van der Waals surface area contributed by atoms with Crippen molar-refractivity contribution in [2.45, 2.75) is 19.5 Å². The molecule has 0 spiro atoms. The van der Waals surface area contributed by atoms with Gasteiger partial charge >= 0.3 is 6.18 Å². The Morgan fingerprint density at radius 1 is 1.29 bits per heavy atom. The maximum Gasteiger partial charge on any atom is 0.433 e. The lowest BCUT2D eigenvalue weighted by molar-refractivity contribution is -0.0584. The van der Waals surface area contributed by atoms with Crippen molar-refractivity contribution >= 4 is 17.1 Å². The van der Waals surface area contributed by atoms with Gasteiger partial charge in [0.2, 0.25) is 5.95 Å². The third-order valence-corrected chi connectivity index (χ3v) is 5.56. The molecule has 1 amide bonds. The molecule has 5 heterocycles. The van der Waals surface area contributed by atoms with Crippen LogP contribution in [0.2, 0.25) is 0 Å². The van der Waals surface area contributed by atoms with Crippen molar-refractivity contribution in [3.8, 4) is 5.95 Å². The number of aromatic amines is 1. The molecule has 31 heavy (non-hydrogen) atoms. The molecular formula is C19H16F3N7O2. The molecule has 3 aromatic rings. The Bertz CT molecular complexity index is 1340. The fraction of sp³-hybridized carbons (Fsp3) is 0.316. The monoisotopic (exact) mass is 431 g/mol. The van der Waals surface area contributed by atoms with Crippen LogP contribution in [0.25, 0.3) is 11.5 Å². The molecule has 0 unspecified atom stereocenters. The topological polar surface area (TPSA) is 101 Å². The smallest absolute Gasteiger partial charge is 0.334 e. The largest absolute Gasteiger partial charge is 0.433 e. The molecule has 0 atom stereocenters. The van der Waals surface area contributed by atoms with Crippen LogP contribution in [-0.4, -0.2) is 66.7 Å². The van der Waals surface area contributed by atoms with E-state index in [0.29, 0.717) is 29.7 Å². The van der Waals surface area contributed by atoms with Gasteiger partial charge in [0, 0.05) is 24.9 Å². The highest BCUT2D eigenvalue weighted by molar-refractivity contribution is 6.08. The zero-order valence-corrected chi connectivity index (χ0v) is 16.3. The predicted octanol–water partition coefficient (Wildman–Crippen LogP) is 1.68. The van der Waals surface area contributed by atoms with Gasteiger partial charge in [-0.05, 0) is 31.1 Å². The summed E-state index contributed by atoms with van der Waals surface area (Å²) in [5.41, 5.74) is 0.453. The van der Waals surface area contributed by atoms with Crippen LogP contribution in [0.5, 0.6) is 0 Å². The van der Waals surface area contributed by atoms with Crippen molar-refractivity contribution in [1.29, 1.82) is 0 Å². The lowest BCUT2D eigenvalue weighted by Gasteiger charge is -2.29. The Morgan fingerprint density at radius 3 is 2.87 bits per heavy atom. The molecule has 12 heteroatoms. The fourth-order valence-corrected chi connectivity index (χ4v) is 3.95. The molecule has 0 radical (unpaired) electrons. The number of amides is 1. The van der Waals surface area contributed by atoms with Gasteiger partial charge < -0.3 is 4.90 Å². The van der Waals surface area contributed by atoms with Gasteiger partial charge in [0.05, 0.1) is 24.0 Å². The normalized spacial score (nSPS) is 16.8. The van der Waals surface area contributed by atoms with Gasteiger partial charge in [-0.1, -0.05) is 0 Å². The van der Waals surface area contributed by atoms with E-state index in [1.165, 1.54) is 20.3 Å². The van der Waals surface area contributed by atoms with Gasteiger partial charge in [0.15, 0.2) is 0 Å². The van der Waals surface area contributed by atoms with E-state index in [1.54, 1.807) is 25.3 Å². The molecule has 0 fully saturated rings. The molecule has 160 valence electrons. The maximum absolute atomic E-state index is 13.2. The van der Waals surface area contributed by atoms with Crippen molar-refractivity contribution < 1.29 is 18.0 Å². The lowest BCUT2D eigenvalue weighted by Crippen LogP contribution is -2.40. The Kier molecular flexibility index (Phi) is 4.14. The molecule has 0 saturated heterocycles. The van der Waals surface area contributed by atoms with Crippen LogP contribution < -0.4 is 5.56 Å². The Morgan fingerprint density at radius 2 is 2.10 bits per heavy atom. The van der Waals surface area contributed by atoms with Crippen LogP contribution in [0.15, 0.2) is 45.5 Å². The first-order chi connectivity index (χ1) is 14.7. The maximum atomic E-state index is 13.2. The van der Waals surface area contributed by atoms with Crippen molar-refractivity contribution in [3.05, 3.63) is 57.3 Å². The molecule has 2 aliphatic rings. The van der Waals surface area contributed by atoms with Gasteiger partial charge in [-0.2, -0.15) is 18.3 Å². The van der Waals surface area contributed by atoms with E-state index in [2.05, 4.69) is 20.2 Å². The summed E-state index contributed by atoms with van der Waals surface area (Å²) in [5, 5.41) is 8.44. The second kappa shape index (κ2) is 6.65. The Labute approximate surface area is 172 Å². The van der Waals surface area contributed by atoms with Gasteiger partial charge in [-0.3, -0.25) is 19.6 Å². The molecule has 9 nitrogen and oxygen atoms in total. The number of nitrogens with one attached hydrogen (secondary N) is 1. The zero-order valence-electron chi connectivity index (χ0n) is 16.3. The van der Waals surface area contributed by atoms with Crippen molar-refractivity contribution in [1.82, 2.24) is 29.3 Å². The van der Waals surface area contributed by atoms with Crippen molar-refractivity contribution in [2.75, 3.05) is 19.6 Å². The van der Waals surface area contributed by atoms with E-state index in [-0.39, 0.29) is 35.7 Å². The van der Waals surface area contributed by atoms with E-state index in [9.17, 15) is 22.8 Å². The number of carbonyl (C=O) groups is 1. The van der Waals surface area contributed by atoms with Crippen molar-refractivity contribution in [2.24, 2.45) is 4.99 Å². The first kappa shape index (κ1) is 19.3. The van der Waals surface area contributed by atoms with Crippen LogP contribution in [-0.2, 0) is 0 Å². The van der Waals surface area contributed by atoms with Crippen LogP contribution in [0.1, 0.15) is 22.5 Å². The number of hydrogen-bond acceptors (Lipinski definition) is 5. The first-order valence-electron chi connectivity index (χ1n) is 9.49. The molecule has 3 aromatic heterocycles. The van der Waals surface area contributed by atoms with Gasteiger partial charge in [-0.25, -0.2) is 9.20 Å². The number of aromatic nitrogens is 5. The van der Waals surface area contributed by atoms with Crippen LogP contribution in [0.3, 0.4) is 0 Å². The summed E-state index contributed by atoms with van der Waals surface area (Å²) >= 11 is 0. The van der Waals surface area contributed by atoms with E-state index < -0.39 is 17.8 Å². The number of halogens is 3. The second-order valence-corrected chi connectivity index (χ2v) is 7.39. The third kappa shape index (κ3) is 3.05. The highest BCUT2D eigenvalue weighted by Crippen LogP contribution is 2.33. The SMILES string of the molecule is Cc1c(C(=O)N2CCC3=C(C2)C(C(F)(F)F)=NC3)cnn1-c1nn2cccc2c(=O)[nH]1. The Hall–Kier alpha value is -3.70. The summed E-state index contributed by atoms with van der Waals surface area (Å²) in [6, 6.07) is 3.29. The highest BCUT2D eigenvalue weighted by atomic mass is 19.4. The molecule has 0 saturated carbocycles. The third-order valence-electron chi connectivity index (χ3n) is 5.56. The van der Waals surface area contributed by atoms with E-state index in [4.69, 9.17) is 0 Å². The first-order valence-corrected chi connectivity index (χ1v) is 9.49.